The van der Waals surface area contributed by atoms with Gasteiger partial charge < -0.3 is 15.3 Å². The number of carbonyl (C=O) groups is 3. The average molecular weight is 368 g/mol. The van der Waals surface area contributed by atoms with Crippen molar-refractivity contribution in [3.8, 4) is 0 Å². The average Bonchev–Trinajstić information content (AvgIpc) is 2.70. The molecular formula is C21H24N2O4. The van der Waals surface area contributed by atoms with Crippen LogP contribution in [-0.4, -0.2) is 36.5 Å². The lowest BCUT2D eigenvalue weighted by molar-refractivity contribution is -0.141. The van der Waals surface area contributed by atoms with E-state index in [0.717, 1.165) is 12.1 Å². The van der Waals surface area contributed by atoms with E-state index in [4.69, 9.17) is 0 Å². The van der Waals surface area contributed by atoms with E-state index >= 15 is 0 Å². The normalized spacial score (nSPS) is 11.5. The monoisotopic (exact) mass is 368 g/mol. The van der Waals surface area contributed by atoms with Crippen LogP contribution in [0, 0.1) is 5.92 Å². The van der Waals surface area contributed by atoms with Crippen molar-refractivity contribution < 1.29 is 19.5 Å². The molecule has 0 bridgehead atoms. The largest absolute Gasteiger partial charge is 0.481 e. The van der Waals surface area contributed by atoms with Crippen LogP contribution in [0.25, 0.3) is 0 Å². The Labute approximate surface area is 158 Å². The molecule has 0 spiro atoms. The van der Waals surface area contributed by atoms with E-state index in [2.05, 4.69) is 5.32 Å². The van der Waals surface area contributed by atoms with Crippen LogP contribution in [0.3, 0.4) is 0 Å². The summed E-state index contributed by atoms with van der Waals surface area (Å²) >= 11 is 0. The van der Waals surface area contributed by atoms with Gasteiger partial charge in [-0.15, -0.1) is 0 Å². The molecule has 2 rings (SSSR count). The van der Waals surface area contributed by atoms with E-state index < -0.39 is 17.8 Å². The first-order chi connectivity index (χ1) is 12.9. The number of para-hydroxylation sites is 1. The number of aliphatic carboxylic acids is 1. The number of hydrogen-bond donors (Lipinski definition) is 2. The summed E-state index contributed by atoms with van der Waals surface area (Å²) in [5, 5.41) is 11.8. The SMILES string of the molecule is CCCC(CNC(=O)c1cccc(C(=O)N(C)c2ccccc2)c1)C(=O)O. The van der Waals surface area contributed by atoms with Crippen LogP contribution in [0.2, 0.25) is 0 Å². The number of anilines is 1. The van der Waals surface area contributed by atoms with Gasteiger partial charge in [0.25, 0.3) is 11.8 Å². The Morgan fingerprint density at radius 3 is 2.33 bits per heavy atom. The van der Waals surface area contributed by atoms with E-state index in [0.29, 0.717) is 17.5 Å². The smallest absolute Gasteiger partial charge is 0.308 e. The van der Waals surface area contributed by atoms with Gasteiger partial charge in [-0.3, -0.25) is 14.4 Å². The minimum Gasteiger partial charge on any atom is -0.481 e. The third kappa shape index (κ3) is 5.41. The molecule has 142 valence electrons. The van der Waals surface area contributed by atoms with Gasteiger partial charge in [0, 0.05) is 30.4 Å². The van der Waals surface area contributed by atoms with E-state index in [1.807, 2.05) is 37.3 Å². The molecule has 2 amide bonds. The lowest BCUT2D eigenvalue weighted by Gasteiger charge is -2.18. The fourth-order valence-electron chi connectivity index (χ4n) is 2.74. The predicted molar refractivity (Wildman–Crippen MR) is 104 cm³/mol. The molecular weight excluding hydrogens is 344 g/mol. The number of amides is 2. The summed E-state index contributed by atoms with van der Waals surface area (Å²) in [6.45, 7) is 1.96. The number of hydrogen-bond acceptors (Lipinski definition) is 3. The summed E-state index contributed by atoms with van der Waals surface area (Å²) in [6, 6.07) is 15.6. The van der Waals surface area contributed by atoms with Crippen molar-refractivity contribution in [1.82, 2.24) is 5.32 Å². The Morgan fingerprint density at radius 1 is 1.04 bits per heavy atom. The quantitative estimate of drug-likeness (QED) is 0.749. The topological polar surface area (TPSA) is 86.7 Å². The molecule has 0 heterocycles. The van der Waals surface area contributed by atoms with Gasteiger partial charge in [-0.1, -0.05) is 37.6 Å². The van der Waals surface area contributed by atoms with Gasteiger partial charge >= 0.3 is 5.97 Å². The van der Waals surface area contributed by atoms with Gasteiger partial charge in [-0.2, -0.15) is 0 Å². The molecule has 0 fully saturated rings. The van der Waals surface area contributed by atoms with Crippen LogP contribution in [0.15, 0.2) is 54.6 Å². The van der Waals surface area contributed by atoms with Gasteiger partial charge in [0.1, 0.15) is 0 Å². The molecule has 2 N–H and O–H groups in total. The Kier molecular flexibility index (Phi) is 7.11. The maximum atomic E-state index is 12.7. The van der Waals surface area contributed by atoms with Gasteiger partial charge in [-0.05, 0) is 36.8 Å². The second-order valence-electron chi connectivity index (χ2n) is 6.31. The Morgan fingerprint density at radius 2 is 1.70 bits per heavy atom. The van der Waals surface area contributed by atoms with Crippen molar-refractivity contribution in [1.29, 1.82) is 0 Å². The molecule has 0 aliphatic heterocycles. The van der Waals surface area contributed by atoms with E-state index in [-0.39, 0.29) is 12.5 Å². The molecule has 1 atom stereocenters. The highest BCUT2D eigenvalue weighted by molar-refractivity contribution is 6.07. The van der Waals surface area contributed by atoms with Gasteiger partial charge in [-0.25, -0.2) is 0 Å². The first-order valence-electron chi connectivity index (χ1n) is 8.88. The minimum atomic E-state index is -0.925. The first-order valence-corrected chi connectivity index (χ1v) is 8.88. The van der Waals surface area contributed by atoms with Crippen LogP contribution >= 0.6 is 0 Å². The number of carboxylic acids is 1. The van der Waals surface area contributed by atoms with Gasteiger partial charge in [0.05, 0.1) is 5.92 Å². The number of carbonyl (C=O) groups excluding carboxylic acids is 2. The standard InChI is InChI=1S/C21H24N2O4/c1-3-8-17(21(26)27)14-22-19(24)15-9-7-10-16(13-15)20(25)23(2)18-11-5-4-6-12-18/h4-7,9-13,17H,3,8,14H2,1-2H3,(H,22,24)(H,26,27). The Balaban J connectivity index is 2.09. The highest BCUT2D eigenvalue weighted by Crippen LogP contribution is 2.16. The molecule has 0 radical (unpaired) electrons. The summed E-state index contributed by atoms with van der Waals surface area (Å²) in [5.74, 6) is -2.17. The summed E-state index contributed by atoms with van der Waals surface area (Å²) in [6.07, 6.45) is 1.22. The predicted octanol–water partition coefficient (Wildman–Crippen LogP) is 3.19. The zero-order valence-electron chi connectivity index (χ0n) is 15.5. The molecule has 0 aliphatic rings. The van der Waals surface area contributed by atoms with Crippen LogP contribution in [0.4, 0.5) is 5.69 Å². The van der Waals surface area contributed by atoms with Crippen molar-refractivity contribution in [3.63, 3.8) is 0 Å². The molecule has 6 nitrogen and oxygen atoms in total. The molecule has 0 saturated heterocycles. The van der Waals surface area contributed by atoms with E-state index in [9.17, 15) is 19.5 Å². The maximum Gasteiger partial charge on any atom is 0.308 e. The molecule has 0 saturated carbocycles. The highest BCUT2D eigenvalue weighted by Gasteiger charge is 2.19. The maximum absolute atomic E-state index is 12.7. The number of carboxylic acid groups (broad SMARTS) is 1. The number of benzene rings is 2. The van der Waals surface area contributed by atoms with Crippen molar-refractivity contribution in [2.24, 2.45) is 5.92 Å². The van der Waals surface area contributed by atoms with Crippen molar-refractivity contribution in [3.05, 3.63) is 65.7 Å². The van der Waals surface area contributed by atoms with Gasteiger partial charge in [0.15, 0.2) is 0 Å². The number of nitrogens with zero attached hydrogens (tertiary/aromatic N) is 1. The molecule has 1 unspecified atom stereocenters. The molecule has 2 aromatic rings. The minimum absolute atomic E-state index is 0.0596. The fourth-order valence-corrected chi connectivity index (χ4v) is 2.74. The highest BCUT2D eigenvalue weighted by atomic mass is 16.4. The number of nitrogens with one attached hydrogen (secondary N) is 1. The van der Waals surface area contributed by atoms with Crippen molar-refractivity contribution in [2.45, 2.75) is 19.8 Å². The lowest BCUT2D eigenvalue weighted by atomic mass is 10.0. The first kappa shape index (κ1) is 20.2. The van der Waals surface area contributed by atoms with E-state index in [1.165, 1.54) is 11.0 Å². The second-order valence-corrected chi connectivity index (χ2v) is 6.31. The molecule has 0 aliphatic carbocycles. The molecule has 2 aromatic carbocycles. The fraction of sp³-hybridized carbons (Fsp3) is 0.286. The third-order valence-electron chi connectivity index (χ3n) is 4.32. The summed E-state index contributed by atoms with van der Waals surface area (Å²) in [5.41, 5.74) is 1.46. The third-order valence-corrected chi connectivity index (χ3v) is 4.32. The summed E-state index contributed by atoms with van der Waals surface area (Å²) in [7, 11) is 1.67. The van der Waals surface area contributed by atoms with Crippen LogP contribution in [0.1, 0.15) is 40.5 Å². The van der Waals surface area contributed by atoms with Crippen molar-refractivity contribution in [2.75, 3.05) is 18.5 Å². The van der Waals surface area contributed by atoms with E-state index in [1.54, 1.807) is 25.2 Å². The van der Waals surface area contributed by atoms with Gasteiger partial charge in [0.2, 0.25) is 0 Å². The zero-order valence-corrected chi connectivity index (χ0v) is 15.5. The molecule has 27 heavy (non-hydrogen) atoms. The zero-order chi connectivity index (χ0) is 19.8. The van der Waals surface area contributed by atoms with Crippen LogP contribution < -0.4 is 10.2 Å². The lowest BCUT2D eigenvalue weighted by Crippen LogP contribution is -2.33. The molecule has 6 heteroatoms. The van der Waals surface area contributed by atoms with Crippen LogP contribution in [0.5, 0.6) is 0 Å². The Hall–Kier alpha value is -3.15. The second kappa shape index (κ2) is 9.52. The Bertz CT molecular complexity index is 805. The summed E-state index contributed by atoms with van der Waals surface area (Å²) in [4.78, 5) is 37.7. The summed E-state index contributed by atoms with van der Waals surface area (Å²) < 4.78 is 0. The molecule has 0 aromatic heterocycles. The van der Waals surface area contributed by atoms with Crippen molar-refractivity contribution >= 4 is 23.5 Å². The van der Waals surface area contributed by atoms with Crippen LogP contribution in [-0.2, 0) is 4.79 Å². The number of rotatable bonds is 8.